The van der Waals surface area contributed by atoms with Gasteiger partial charge >= 0.3 is 0 Å². The summed E-state index contributed by atoms with van der Waals surface area (Å²) in [6, 6.07) is 20.9. The predicted octanol–water partition coefficient (Wildman–Crippen LogP) is 7.78. The molecule has 2 heterocycles. The third-order valence-electron chi connectivity index (χ3n) is 7.30. The van der Waals surface area contributed by atoms with Gasteiger partial charge in [0.05, 0.1) is 24.5 Å². The van der Waals surface area contributed by atoms with E-state index >= 15 is 0 Å². The summed E-state index contributed by atoms with van der Waals surface area (Å²) in [6.07, 6.45) is 2.16. The standard InChI is InChI=1S/C35H41N5O4S/c1-6-9-19-45-35-38-34-36-24(5)31(33(41)37-27-15-10-11-16-28(27)42-7-2)32(40(34)39-35)26-17-18-29(30(21-26)43-8-3)44-22-25-14-12-13-23(4)20-25/h10-18,20-21,32H,6-9,19,22H2,1-5H3,(H,37,41)(H,36,38,39). The molecule has 1 unspecified atom stereocenters. The highest BCUT2D eigenvalue weighted by Gasteiger charge is 2.35. The SMILES string of the molecule is CCCCSc1nc2n(n1)C(c1ccc(OCc3cccc(C)c3)c(OCC)c1)C(C(=O)Nc1ccccc1OCC)=C(C)N2. The van der Waals surface area contributed by atoms with Crippen molar-refractivity contribution in [1.82, 2.24) is 14.8 Å². The molecule has 3 aromatic carbocycles. The maximum absolute atomic E-state index is 14.1. The Kier molecular flexibility index (Phi) is 10.7. The first kappa shape index (κ1) is 32.0. The van der Waals surface area contributed by atoms with Crippen LogP contribution in [0.15, 0.2) is 83.2 Å². The monoisotopic (exact) mass is 627 g/mol. The first-order chi connectivity index (χ1) is 21.9. The minimum absolute atomic E-state index is 0.267. The molecule has 0 bridgehead atoms. The molecular weight excluding hydrogens is 586 g/mol. The highest BCUT2D eigenvalue weighted by Crippen LogP contribution is 2.40. The number of para-hydroxylation sites is 2. The van der Waals surface area contributed by atoms with E-state index in [0.29, 0.717) is 65.1 Å². The molecule has 0 saturated heterocycles. The molecule has 1 aromatic heterocycles. The van der Waals surface area contributed by atoms with Crippen molar-refractivity contribution in [3.8, 4) is 17.2 Å². The molecule has 2 N–H and O–H groups in total. The Morgan fingerprint density at radius 3 is 2.51 bits per heavy atom. The summed E-state index contributed by atoms with van der Waals surface area (Å²) < 4.78 is 19.9. The Hall–Kier alpha value is -4.44. The molecule has 4 aromatic rings. The molecule has 1 atom stereocenters. The number of carbonyl (C=O) groups excluding carboxylic acids is 1. The number of hydrogen-bond donors (Lipinski definition) is 2. The smallest absolute Gasteiger partial charge is 0.255 e. The highest BCUT2D eigenvalue weighted by molar-refractivity contribution is 7.99. The molecule has 0 spiro atoms. The van der Waals surface area contributed by atoms with Crippen LogP contribution in [0, 0.1) is 6.92 Å². The lowest BCUT2D eigenvalue weighted by atomic mass is 9.94. The van der Waals surface area contributed by atoms with Crippen molar-refractivity contribution >= 4 is 29.3 Å². The molecule has 45 heavy (non-hydrogen) atoms. The Balaban J connectivity index is 1.52. The largest absolute Gasteiger partial charge is 0.492 e. The maximum Gasteiger partial charge on any atom is 0.255 e. The van der Waals surface area contributed by atoms with Crippen LogP contribution in [0.5, 0.6) is 17.2 Å². The molecular formula is C35H41N5O4S. The summed E-state index contributed by atoms with van der Waals surface area (Å²) >= 11 is 1.61. The minimum Gasteiger partial charge on any atom is -0.492 e. The normalized spacial score (nSPS) is 14.0. The van der Waals surface area contributed by atoms with Gasteiger partial charge in [-0.3, -0.25) is 4.79 Å². The molecule has 1 aliphatic rings. The average Bonchev–Trinajstić information content (AvgIpc) is 3.43. The number of fused-ring (bicyclic) bond motifs is 1. The van der Waals surface area contributed by atoms with Crippen molar-refractivity contribution in [1.29, 1.82) is 0 Å². The summed E-state index contributed by atoms with van der Waals surface area (Å²) in [5.74, 6) is 3.07. The van der Waals surface area contributed by atoms with E-state index in [1.54, 1.807) is 16.4 Å². The molecule has 5 rings (SSSR count). The van der Waals surface area contributed by atoms with E-state index < -0.39 is 6.04 Å². The van der Waals surface area contributed by atoms with Gasteiger partial charge in [0.1, 0.15) is 18.4 Å². The number of ether oxygens (including phenoxy) is 3. The third kappa shape index (κ3) is 7.62. The number of amides is 1. The van der Waals surface area contributed by atoms with Gasteiger partial charge in [-0.05, 0) is 69.5 Å². The molecule has 9 nitrogen and oxygen atoms in total. The molecule has 0 saturated carbocycles. The number of aryl methyl sites for hydroxylation is 1. The number of aromatic nitrogens is 3. The van der Waals surface area contributed by atoms with Gasteiger partial charge in [0.2, 0.25) is 11.1 Å². The lowest BCUT2D eigenvalue weighted by Crippen LogP contribution is -2.31. The van der Waals surface area contributed by atoms with E-state index in [0.717, 1.165) is 29.7 Å². The molecule has 236 valence electrons. The zero-order valence-electron chi connectivity index (χ0n) is 26.6. The summed E-state index contributed by atoms with van der Waals surface area (Å²) in [5.41, 5.74) is 4.87. The van der Waals surface area contributed by atoms with E-state index in [1.165, 1.54) is 5.56 Å². The first-order valence-electron chi connectivity index (χ1n) is 15.5. The van der Waals surface area contributed by atoms with Gasteiger partial charge in [-0.1, -0.05) is 73.1 Å². The zero-order valence-corrected chi connectivity index (χ0v) is 27.4. The fourth-order valence-corrected chi connectivity index (χ4v) is 6.10. The van der Waals surface area contributed by atoms with Crippen molar-refractivity contribution in [2.75, 3.05) is 29.6 Å². The Bertz CT molecular complexity index is 1670. The Labute approximate surface area is 269 Å². The number of thioether (sulfide) groups is 1. The predicted molar refractivity (Wildman–Crippen MR) is 179 cm³/mol. The molecule has 0 radical (unpaired) electrons. The first-order valence-corrected chi connectivity index (χ1v) is 16.5. The average molecular weight is 628 g/mol. The van der Waals surface area contributed by atoms with Crippen molar-refractivity contribution < 1.29 is 19.0 Å². The van der Waals surface area contributed by atoms with E-state index in [4.69, 9.17) is 24.3 Å². The van der Waals surface area contributed by atoms with Crippen LogP contribution in [0.25, 0.3) is 0 Å². The third-order valence-corrected chi connectivity index (χ3v) is 8.23. The lowest BCUT2D eigenvalue weighted by molar-refractivity contribution is -0.113. The van der Waals surface area contributed by atoms with Crippen LogP contribution in [-0.4, -0.2) is 39.6 Å². The van der Waals surface area contributed by atoms with Crippen molar-refractivity contribution in [3.05, 3.63) is 94.7 Å². The highest BCUT2D eigenvalue weighted by atomic mass is 32.2. The van der Waals surface area contributed by atoms with Gasteiger partial charge in [0.25, 0.3) is 5.91 Å². The molecule has 1 amide bonds. The summed E-state index contributed by atoms with van der Waals surface area (Å²) in [5, 5.41) is 12.0. The van der Waals surface area contributed by atoms with Crippen molar-refractivity contribution in [2.24, 2.45) is 0 Å². The number of rotatable bonds is 14. The van der Waals surface area contributed by atoms with Crippen LogP contribution in [0.1, 0.15) is 63.3 Å². The number of hydrogen-bond acceptors (Lipinski definition) is 8. The number of carbonyl (C=O) groups is 1. The lowest BCUT2D eigenvalue weighted by Gasteiger charge is -2.29. The fraction of sp³-hybridized carbons (Fsp3) is 0.343. The number of nitrogens with one attached hydrogen (secondary N) is 2. The maximum atomic E-state index is 14.1. The number of nitrogens with zero attached hydrogens (tertiary/aromatic N) is 3. The second-order valence-corrected chi connectivity index (χ2v) is 11.8. The minimum atomic E-state index is -0.571. The van der Waals surface area contributed by atoms with Gasteiger partial charge in [0.15, 0.2) is 11.5 Å². The van der Waals surface area contributed by atoms with Gasteiger partial charge in [-0.25, -0.2) is 4.68 Å². The van der Waals surface area contributed by atoms with E-state index in [-0.39, 0.29) is 5.91 Å². The van der Waals surface area contributed by atoms with Crippen LogP contribution >= 0.6 is 11.8 Å². The second-order valence-electron chi connectivity index (χ2n) is 10.7. The molecule has 1 aliphatic heterocycles. The van der Waals surface area contributed by atoms with Crippen LogP contribution in [0.2, 0.25) is 0 Å². The van der Waals surface area contributed by atoms with Gasteiger partial charge in [0, 0.05) is 11.4 Å². The van der Waals surface area contributed by atoms with Crippen LogP contribution < -0.4 is 24.8 Å². The number of anilines is 2. The fourth-order valence-electron chi connectivity index (χ4n) is 5.19. The van der Waals surface area contributed by atoms with Crippen LogP contribution in [0.3, 0.4) is 0 Å². The quantitative estimate of drug-likeness (QED) is 0.108. The van der Waals surface area contributed by atoms with E-state index in [1.807, 2.05) is 75.4 Å². The zero-order chi connectivity index (χ0) is 31.8. The number of unbranched alkanes of at least 4 members (excludes halogenated alkanes) is 1. The molecule has 0 fully saturated rings. The summed E-state index contributed by atoms with van der Waals surface area (Å²) in [6.45, 7) is 11.3. The number of allylic oxidation sites excluding steroid dienone is 1. The van der Waals surface area contributed by atoms with E-state index in [9.17, 15) is 4.79 Å². The van der Waals surface area contributed by atoms with E-state index in [2.05, 4.69) is 36.6 Å². The Morgan fingerprint density at radius 2 is 1.73 bits per heavy atom. The van der Waals surface area contributed by atoms with Crippen LogP contribution in [-0.2, 0) is 11.4 Å². The second kappa shape index (κ2) is 15.0. The Morgan fingerprint density at radius 1 is 0.933 bits per heavy atom. The van der Waals surface area contributed by atoms with Crippen LogP contribution in [0.4, 0.5) is 11.6 Å². The van der Waals surface area contributed by atoms with Crippen molar-refractivity contribution in [3.63, 3.8) is 0 Å². The van der Waals surface area contributed by atoms with Gasteiger partial charge in [-0.2, -0.15) is 4.98 Å². The molecule has 0 aliphatic carbocycles. The number of benzene rings is 3. The topological polar surface area (TPSA) is 99.5 Å². The van der Waals surface area contributed by atoms with Gasteiger partial charge < -0.3 is 24.8 Å². The van der Waals surface area contributed by atoms with Gasteiger partial charge in [-0.15, -0.1) is 5.10 Å². The summed E-state index contributed by atoms with van der Waals surface area (Å²) in [4.78, 5) is 18.9. The van der Waals surface area contributed by atoms with Crippen molar-refractivity contribution in [2.45, 2.75) is 65.3 Å². The summed E-state index contributed by atoms with van der Waals surface area (Å²) in [7, 11) is 0. The molecule has 10 heteroatoms.